The number of hydrogen-bond donors (Lipinski definition) is 1. The van der Waals surface area contributed by atoms with E-state index < -0.39 is 11.7 Å². The fourth-order valence-electron chi connectivity index (χ4n) is 5.15. The van der Waals surface area contributed by atoms with Gasteiger partial charge in [0.1, 0.15) is 6.17 Å². The van der Waals surface area contributed by atoms with Crippen LogP contribution < -0.4 is 5.73 Å². The van der Waals surface area contributed by atoms with Crippen molar-refractivity contribution in [3.8, 4) is 34.0 Å². The van der Waals surface area contributed by atoms with Crippen LogP contribution in [-0.4, -0.2) is 35.7 Å². The van der Waals surface area contributed by atoms with E-state index in [0.29, 0.717) is 30.1 Å². The lowest BCUT2D eigenvalue weighted by Crippen LogP contribution is -2.50. The second-order valence-electron chi connectivity index (χ2n) is 9.53. The molecular formula is C29H22FN7. The number of halogens is 1. The molecule has 4 aromatic heterocycles. The van der Waals surface area contributed by atoms with Crippen molar-refractivity contribution in [2.45, 2.75) is 24.6 Å². The van der Waals surface area contributed by atoms with Crippen LogP contribution >= 0.6 is 0 Å². The van der Waals surface area contributed by atoms with Gasteiger partial charge in [0.2, 0.25) is 5.82 Å². The molecule has 2 N–H and O–H groups in total. The molecule has 180 valence electrons. The van der Waals surface area contributed by atoms with E-state index in [-0.39, 0.29) is 0 Å². The monoisotopic (exact) mass is 487 g/mol. The first-order chi connectivity index (χ1) is 18.1. The molecule has 6 aromatic rings. The molecule has 37 heavy (non-hydrogen) atoms. The Kier molecular flexibility index (Phi) is 4.84. The zero-order valence-corrected chi connectivity index (χ0v) is 19.8. The topological polar surface area (TPSA) is 94.9 Å². The van der Waals surface area contributed by atoms with Crippen molar-refractivity contribution < 1.29 is 4.39 Å². The van der Waals surface area contributed by atoms with E-state index >= 15 is 0 Å². The van der Waals surface area contributed by atoms with E-state index in [1.165, 1.54) is 0 Å². The van der Waals surface area contributed by atoms with Gasteiger partial charge in [-0.3, -0.25) is 4.40 Å². The molecule has 0 amide bonds. The molecule has 0 radical (unpaired) electrons. The van der Waals surface area contributed by atoms with Crippen molar-refractivity contribution in [3.05, 3.63) is 97.0 Å². The molecule has 1 fully saturated rings. The van der Waals surface area contributed by atoms with Crippen LogP contribution in [0.25, 0.3) is 50.6 Å². The minimum atomic E-state index is -0.820. The molecule has 4 heterocycles. The fraction of sp³-hybridized carbons (Fsp3) is 0.138. The summed E-state index contributed by atoms with van der Waals surface area (Å²) in [5, 5.41) is 9.72. The van der Waals surface area contributed by atoms with Crippen molar-refractivity contribution >= 4 is 16.6 Å². The SMILES string of the molecule is N[C@]1(c2ccc(-c3nc4ccn5c(-c6ncccn6)nnc5c4cc3-c3ccccc3)cc2)C[C@H](F)C1. The molecule has 2 aromatic carbocycles. The fourth-order valence-corrected chi connectivity index (χ4v) is 5.15. The van der Waals surface area contributed by atoms with E-state index in [1.807, 2.05) is 59.1 Å². The van der Waals surface area contributed by atoms with Crippen LogP contribution in [0.2, 0.25) is 0 Å². The first kappa shape index (κ1) is 21.7. The predicted octanol–water partition coefficient (Wildman–Crippen LogP) is 5.35. The average molecular weight is 488 g/mol. The van der Waals surface area contributed by atoms with E-state index in [2.05, 4.69) is 38.4 Å². The second kappa shape index (κ2) is 8.25. The van der Waals surface area contributed by atoms with Crippen LogP contribution in [0, 0.1) is 0 Å². The van der Waals surface area contributed by atoms with Crippen molar-refractivity contribution in [1.29, 1.82) is 0 Å². The van der Waals surface area contributed by atoms with E-state index in [0.717, 1.165) is 38.9 Å². The molecule has 7 rings (SSSR count). The standard InChI is InChI=1S/C29H22FN7/c30-21-16-29(31,17-21)20-9-7-19(8-10-20)25-22(18-5-2-1-3-6-18)15-23-24(34-25)11-14-37-27(23)35-36-28(37)26-32-12-4-13-33-26/h1-15,21H,16-17,31H2/t21-,29+. The highest BCUT2D eigenvalue weighted by Crippen LogP contribution is 2.42. The summed E-state index contributed by atoms with van der Waals surface area (Å²) in [7, 11) is 0. The number of pyridine rings is 2. The molecule has 1 saturated carbocycles. The van der Waals surface area contributed by atoms with Crippen molar-refractivity contribution in [1.82, 2.24) is 29.5 Å². The van der Waals surface area contributed by atoms with E-state index in [9.17, 15) is 4.39 Å². The number of alkyl halides is 1. The number of aromatic nitrogens is 6. The van der Waals surface area contributed by atoms with Gasteiger partial charge < -0.3 is 5.73 Å². The Morgan fingerprint density at radius 3 is 2.35 bits per heavy atom. The average Bonchev–Trinajstić information content (AvgIpc) is 3.37. The number of rotatable bonds is 4. The van der Waals surface area contributed by atoms with E-state index in [1.54, 1.807) is 18.5 Å². The summed E-state index contributed by atoms with van der Waals surface area (Å²) in [6.45, 7) is 0. The number of hydrogen-bond acceptors (Lipinski definition) is 6. The van der Waals surface area contributed by atoms with Crippen molar-refractivity contribution in [2.75, 3.05) is 0 Å². The van der Waals surface area contributed by atoms with Crippen LogP contribution in [0.5, 0.6) is 0 Å². The third-order valence-electron chi connectivity index (χ3n) is 7.13. The van der Waals surface area contributed by atoms with Gasteiger partial charge in [0.25, 0.3) is 0 Å². The minimum Gasteiger partial charge on any atom is -0.321 e. The summed E-state index contributed by atoms with van der Waals surface area (Å²) in [6.07, 6.45) is 5.17. The number of nitrogens with zero attached hydrogens (tertiary/aromatic N) is 6. The van der Waals surface area contributed by atoms with Gasteiger partial charge in [-0.05, 0) is 29.3 Å². The maximum absolute atomic E-state index is 13.5. The van der Waals surface area contributed by atoms with Crippen LogP contribution in [0.15, 0.2) is 91.4 Å². The molecule has 0 aliphatic heterocycles. The Bertz CT molecular complexity index is 1740. The lowest BCUT2D eigenvalue weighted by Gasteiger charge is -2.41. The largest absolute Gasteiger partial charge is 0.321 e. The van der Waals surface area contributed by atoms with Gasteiger partial charge in [-0.1, -0.05) is 54.6 Å². The Labute approximate surface area is 211 Å². The molecule has 0 atom stereocenters. The van der Waals surface area contributed by atoms with Crippen molar-refractivity contribution in [3.63, 3.8) is 0 Å². The molecule has 0 unspecified atom stereocenters. The zero-order valence-electron chi connectivity index (χ0n) is 19.8. The van der Waals surface area contributed by atoms with Gasteiger partial charge in [0.15, 0.2) is 11.5 Å². The van der Waals surface area contributed by atoms with Crippen LogP contribution in [0.4, 0.5) is 4.39 Å². The van der Waals surface area contributed by atoms with Gasteiger partial charge in [-0.15, -0.1) is 10.2 Å². The lowest BCUT2D eigenvalue weighted by atomic mass is 9.71. The second-order valence-corrected chi connectivity index (χ2v) is 9.53. The highest BCUT2D eigenvalue weighted by atomic mass is 19.1. The molecule has 0 spiro atoms. The Morgan fingerprint density at radius 2 is 1.62 bits per heavy atom. The lowest BCUT2D eigenvalue weighted by molar-refractivity contribution is 0.0985. The van der Waals surface area contributed by atoms with Gasteiger partial charge in [-0.2, -0.15) is 0 Å². The van der Waals surface area contributed by atoms with Crippen LogP contribution in [0.1, 0.15) is 18.4 Å². The molecule has 8 heteroatoms. The van der Waals surface area contributed by atoms with Gasteiger partial charge in [0.05, 0.1) is 11.2 Å². The highest BCUT2D eigenvalue weighted by Gasteiger charge is 2.42. The molecule has 0 saturated heterocycles. The molecule has 7 nitrogen and oxygen atoms in total. The number of fused-ring (bicyclic) bond motifs is 3. The van der Waals surface area contributed by atoms with Gasteiger partial charge >= 0.3 is 0 Å². The minimum absolute atomic E-state index is 0.361. The van der Waals surface area contributed by atoms with E-state index in [4.69, 9.17) is 10.7 Å². The third kappa shape index (κ3) is 3.56. The summed E-state index contributed by atoms with van der Waals surface area (Å²) >= 11 is 0. The summed E-state index contributed by atoms with van der Waals surface area (Å²) < 4.78 is 15.4. The summed E-state index contributed by atoms with van der Waals surface area (Å²) in [5.41, 5.74) is 12.1. The molecule has 1 aliphatic rings. The molecule has 1 aliphatic carbocycles. The Morgan fingerprint density at radius 1 is 0.865 bits per heavy atom. The predicted molar refractivity (Wildman–Crippen MR) is 140 cm³/mol. The van der Waals surface area contributed by atoms with Gasteiger partial charge in [0, 0.05) is 53.5 Å². The first-order valence-electron chi connectivity index (χ1n) is 12.1. The molecule has 0 bridgehead atoms. The smallest absolute Gasteiger partial charge is 0.206 e. The third-order valence-corrected chi connectivity index (χ3v) is 7.13. The number of benzene rings is 2. The zero-order chi connectivity index (χ0) is 25.0. The normalized spacial score (nSPS) is 19.2. The van der Waals surface area contributed by atoms with Crippen LogP contribution in [0.3, 0.4) is 0 Å². The summed E-state index contributed by atoms with van der Waals surface area (Å²) in [6, 6.07) is 24.0. The first-order valence-corrected chi connectivity index (χ1v) is 12.1. The maximum atomic E-state index is 13.5. The number of nitrogens with two attached hydrogens (primary N) is 1. The summed E-state index contributed by atoms with van der Waals surface area (Å²) in [5.74, 6) is 1.08. The quantitative estimate of drug-likeness (QED) is 0.360. The van der Waals surface area contributed by atoms with Crippen LogP contribution in [-0.2, 0) is 5.54 Å². The van der Waals surface area contributed by atoms with Gasteiger partial charge in [-0.25, -0.2) is 19.3 Å². The highest BCUT2D eigenvalue weighted by molar-refractivity contribution is 5.98. The Balaban J connectivity index is 1.40. The molecular weight excluding hydrogens is 465 g/mol. The maximum Gasteiger partial charge on any atom is 0.206 e. The van der Waals surface area contributed by atoms with Crippen molar-refractivity contribution in [2.24, 2.45) is 5.73 Å². The summed E-state index contributed by atoms with van der Waals surface area (Å²) in [4.78, 5) is 13.7. The Hall–Kier alpha value is -4.56.